The Hall–Kier alpha value is -4.06. The van der Waals surface area contributed by atoms with Gasteiger partial charge in [0.25, 0.3) is 0 Å². The molecule has 3 heterocycles. The molecule has 0 unspecified atom stereocenters. The zero-order valence-corrected chi connectivity index (χ0v) is 20.4. The van der Waals surface area contributed by atoms with E-state index in [1.807, 2.05) is 29.1 Å². The minimum atomic E-state index is -0.0897. The van der Waals surface area contributed by atoms with Crippen LogP contribution in [0.25, 0.3) is 22.3 Å². The monoisotopic (exact) mass is 483 g/mol. The number of carbonyl (C=O) groups is 2. The van der Waals surface area contributed by atoms with Crippen molar-refractivity contribution in [3.05, 3.63) is 54.4 Å². The van der Waals surface area contributed by atoms with Gasteiger partial charge in [0.2, 0.25) is 11.8 Å². The Kier molecular flexibility index (Phi) is 6.76. The summed E-state index contributed by atoms with van der Waals surface area (Å²) in [5.41, 5.74) is 4.02. The Morgan fingerprint density at radius 2 is 2.06 bits per heavy atom. The molecule has 3 aromatic rings. The molecule has 1 atom stereocenters. The van der Waals surface area contributed by atoms with Gasteiger partial charge in [0.15, 0.2) is 5.65 Å². The number of carbonyl (C=O) groups excluding carboxylic acids is 2. The highest BCUT2D eigenvalue weighted by Crippen LogP contribution is 2.37. The SMILES string of the molecule is CC(=O)NC1=CC=C(CC(=O)n2ccc3c(-c4cnn([C@H](CC#N)C5CCCC5)c4)ncnc32)CC1. The van der Waals surface area contributed by atoms with Gasteiger partial charge in [-0.2, -0.15) is 10.4 Å². The molecule has 2 aliphatic rings. The van der Waals surface area contributed by atoms with Crippen molar-refractivity contribution < 1.29 is 9.59 Å². The molecule has 1 amide bonds. The van der Waals surface area contributed by atoms with Gasteiger partial charge in [-0.25, -0.2) is 9.97 Å². The van der Waals surface area contributed by atoms with Crippen LogP contribution in [0.15, 0.2) is 54.4 Å². The fourth-order valence-corrected chi connectivity index (χ4v) is 5.37. The molecule has 9 heteroatoms. The highest BCUT2D eigenvalue weighted by atomic mass is 16.2. The quantitative estimate of drug-likeness (QED) is 0.520. The summed E-state index contributed by atoms with van der Waals surface area (Å²) in [5.74, 6) is 0.316. The predicted molar refractivity (Wildman–Crippen MR) is 134 cm³/mol. The summed E-state index contributed by atoms with van der Waals surface area (Å²) in [4.78, 5) is 33.3. The van der Waals surface area contributed by atoms with E-state index in [-0.39, 0.29) is 24.3 Å². The lowest BCUT2D eigenvalue weighted by Crippen LogP contribution is -2.20. The number of aromatic nitrogens is 5. The minimum absolute atomic E-state index is 0.0664. The third-order valence-electron chi connectivity index (χ3n) is 7.16. The van der Waals surface area contributed by atoms with Crippen molar-refractivity contribution in [2.45, 2.75) is 64.3 Å². The molecule has 36 heavy (non-hydrogen) atoms. The number of nitriles is 1. The van der Waals surface area contributed by atoms with Gasteiger partial charge in [0, 0.05) is 42.4 Å². The van der Waals surface area contributed by atoms with E-state index in [1.165, 1.54) is 26.1 Å². The number of nitrogens with zero attached hydrogens (tertiary/aromatic N) is 6. The Morgan fingerprint density at radius 1 is 1.22 bits per heavy atom. The highest BCUT2D eigenvalue weighted by molar-refractivity contribution is 5.97. The number of amides is 1. The molecule has 0 aromatic carbocycles. The molecule has 0 saturated heterocycles. The summed E-state index contributed by atoms with van der Waals surface area (Å²) in [6.07, 6.45) is 17.6. The largest absolute Gasteiger partial charge is 0.330 e. The van der Waals surface area contributed by atoms with Crippen molar-refractivity contribution in [3.63, 3.8) is 0 Å². The molecular weight excluding hydrogens is 454 g/mol. The average Bonchev–Trinajstić information content (AvgIpc) is 3.64. The number of rotatable bonds is 7. The average molecular weight is 484 g/mol. The number of hydrogen-bond donors (Lipinski definition) is 1. The molecule has 1 saturated carbocycles. The lowest BCUT2D eigenvalue weighted by molar-refractivity contribution is -0.118. The Morgan fingerprint density at radius 3 is 2.78 bits per heavy atom. The molecule has 1 fully saturated rings. The van der Waals surface area contributed by atoms with Crippen LogP contribution in [0.5, 0.6) is 0 Å². The van der Waals surface area contributed by atoms with E-state index in [0.717, 1.165) is 47.2 Å². The number of allylic oxidation sites excluding steroid dienone is 4. The molecule has 0 spiro atoms. The molecule has 0 aliphatic heterocycles. The summed E-state index contributed by atoms with van der Waals surface area (Å²) in [6.45, 7) is 1.49. The Labute approximate surface area is 209 Å². The summed E-state index contributed by atoms with van der Waals surface area (Å²) in [5, 5.41) is 17.6. The van der Waals surface area contributed by atoms with Gasteiger partial charge in [-0.1, -0.05) is 24.5 Å². The van der Waals surface area contributed by atoms with E-state index in [9.17, 15) is 14.9 Å². The third kappa shape index (κ3) is 4.85. The van der Waals surface area contributed by atoms with E-state index < -0.39 is 0 Å². The van der Waals surface area contributed by atoms with Crippen LogP contribution >= 0.6 is 0 Å². The molecule has 3 aromatic heterocycles. The molecule has 2 aliphatic carbocycles. The van der Waals surface area contributed by atoms with Gasteiger partial charge in [0.1, 0.15) is 6.33 Å². The topological polar surface area (TPSA) is 118 Å². The number of hydrogen-bond acceptors (Lipinski definition) is 6. The molecular formula is C27H29N7O2. The van der Waals surface area contributed by atoms with E-state index in [0.29, 0.717) is 24.4 Å². The molecule has 0 radical (unpaired) electrons. The maximum atomic E-state index is 13.1. The lowest BCUT2D eigenvalue weighted by atomic mass is 9.96. The zero-order chi connectivity index (χ0) is 25.1. The van der Waals surface area contributed by atoms with Crippen LogP contribution in [0, 0.1) is 17.2 Å². The van der Waals surface area contributed by atoms with E-state index in [1.54, 1.807) is 17.0 Å². The normalized spacial score (nSPS) is 16.9. The summed E-state index contributed by atoms with van der Waals surface area (Å²) in [7, 11) is 0. The van der Waals surface area contributed by atoms with Crippen molar-refractivity contribution in [2.75, 3.05) is 0 Å². The van der Waals surface area contributed by atoms with Crippen molar-refractivity contribution in [1.82, 2.24) is 29.6 Å². The van der Waals surface area contributed by atoms with Gasteiger partial charge in [-0.15, -0.1) is 0 Å². The summed E-state index contributed by atoms with van der Waals surface area (Å²) < 4.78 is 3.50. The van der Waals surface area contributed by atoms with E-state index >= 15 is 0 Å². The highest BCUT2D eigenvalue weighted by Gasteiger charge is 2.27. The maximum Gasteiger partial charge on any atom is 0.236 e. The first kappa shape index (κ1) is 23.7. The van der Waals surface area contributed by atoms with Crippen molar-refractivity contribution in [1.29, 1.82) is 5.26 Å². The van der Waals surface area contributed by atoms with Crippen LogP contribution in [0.2, 0.25) is 0 Å². The fraction of sp³-hybridized carbons (Fsp3) is 0.407. The van der Waals surface area contributed by atoms with Crippen LogP contribution in [0.3, 0.4) is 0 Å². The first-order valence-corrected chi connectivity index (χ1v) is 12.5. The van der Waals surface area contributed by atoms with Crippen LogP contribution in [0.4, 0.5) is 0 Å². The van der Waals surface area contributed by atoms with Gasteiger partial charge in [-0.05, 0) is 43.7 Å². The van der Waals surface area contributed by atoms with Crippen LogP contribution < -0.4 is 5.32 Å². The zero-order valence-electron chi connectivity index (χ0n) is 20.4. The first-order chi connectivity index (χ1) is 17.5. The molecule has 184 valence electrons. The Balaban J connectivity index is 1.37. The van der Waals surface area contributed by atoms with Crippen molar-refractivity contribution in [3.8, 4) is 17.3 Å². The lowest BCUT2D eigenvalue weighted by Gasteiger charge is -2.21. The summed E-state index contributed by atoms with van der Waals surface area (Å²) in [6, 6.07) is 4.26. The number of fused-ring (bicyclic) bond motifs is 1. The molecule has 0 bridgehead atoms. The third-order valence-corrected chi connectivity index (χ3v) is 7.16. The summed E-state index contributed by atoms with van der Waals surface area (Å²) >= 11 is 0. The van der Waals surface area contributed by atoms with Gasteiger partial charge in [0.05, 0.1) is 30.4 Å². The second-order valence-corrected chi connectivity index (χ2v) is 9.60. The minimum Gasteiger partial charge on any atom is -0.330 e. The molecule has 5 rings (SSSR count). The van der Waals surface area contributed by atoms with Gasteiger partial charge >= 0.3 is 0 Å². The van der Waals surface area contributed by atoms with Crippen LogP contribution in [-0.4, -0.2) is 36.1 Å². The second kappa shape index (κ2) is 10.3. The van der Waals surface area contributed by atoms with Gasteiger partial charge < -0.3 is 5.32 Å². The fourth-order valence-electron chi connectivity index (χ4n) is 5.37. The van der Waals surface area contributed by atoms with Gasteiger partial charge in [-0.3, -0.25) is 18.8 Å². The van der Waals surface area contributed by atoms with Crippen LogP contribution in [-0.2, 0) is 4.79 Å². The maximum absolute atomic E-state index is 13.1. The molecule has 9 nitrogen and oxygen atoms in total. The number of nitrogens with one attached hydrogen (secondary N) is 1. The first-order valence-electron chi connectivity index (χ1n) is 12.5. The smallest absolute Gasteiger partial charge is 0.236 e. The standard InChI is InChI=1S/C27H29N7O2/c1-18(35)32-22-8-6-19(7-9-22)14-25(36)33-13-11-23-26(29-17-30-27(23)33)21-15-31-34(16-21)24(10-12-28)20-4-2-3-5-20/h6,8,11,13,15-17,20,24H,2-5,7,9-10,14H2,1H3,(H,32,35)/t24-/m1/s1. The Bertz CT molecular complexity index is 1400. The molecule has 1 N–H and O–H groups in total. The second-order valence-electron chi connectivity index (χ2n) is 9.60. The van der Waals surface area contributed by atoms with Crippen LogP contribution in [0.1, 0.15) is 69.1 Å². The van der Waals surface area contributed by atoms with Crippen molar-refractivity contribution >= 4 is 22.8 Å². The predicted octanol–water partition coefficient (Wildman–Crippen LogP) is 4.71. The van der Waals surface area contributed by atoms with E-state index in [4.69, 9.17) is 0 Å². The van der Waals surface area contributed by atoms with Crippen molar-refractivity contribution in [2.24, 2.45) is 5.92 Å². The van der Waals surface area contributed by atoms with E-state index in [2.05, 4.69) is 26.5 Å².